The predicted molar refractivity (Wildman–Crippen MR) is 120 cm³/mol. The van der Waals surface area contributed by atoms with Crippen LogP contribution in [-0.4, -0.2) is 51.8 Å². The first-order chi connectivity index (χ1) is 14.4. The minimum absolute atomic E-state index is 0.126. The van der Waals surface area contributed by atoms with E-state index < -0.39 is 0 Å². The minimum Gasteiger partial charge on any atom is -0.353 e. The van der Waals surface area contributed by atoms with Crippen LogP contribution in [0.4, 0.5) is 5.82 Å². The molecule has 1 aliphatic rings. The molecule has 3 aromatic rings. The summed E-state index contributed by atoms with van der Waals surface area (Å²) in [6.45, 7) is 6.80. The van der Waals surface area contributed by atoms with Gasteiger partial charge in [0.15, 0.2) is 0 Å². The number of hydrogen-bond acceptors (Lipinski definition) is 4. The van der Waals surface area contributed by atoms with Gasteiger partial charge in [0.25, 0.3) is 0 Å². The number of carbonyl (C=O) groups excluding carboxylic acids is 1. The van der Waals surface area contributed by atoms with Gasteiger partial charge in [-0.25, -0.2) is 9.67 Å². The molecular weight excluding hydrogens is 421 g/mol. The number of aryl methyl sites for hydroxylation is 1. The zero-order chi connectivity index (χ0) is 21.3. The van der Waals surface area contributed by atoms with Crippen molar-refractivity contribution in [3.8, 4) is 5.69 Å². The molecule has 0 atom stereocenters. The molecule has 0 radical (unpaired) electrons. The third kappa shape index (κ3) is 4.30. The second kappa shape index (κ2) is 8.66. The lowest BCUT2D eigenvalue weighted by atomic mass is 10.1. The molecule has 1 fully saturated rings. The molecular formula is C22H23Cl2N5O. The molecule has 1 aromatic carbocycles. The van der Waals surface area contributed by atoms with Crippen molar-refractivity contribution in [1.29, 1.82) is 0 Å². The predicted octanol–water partition coefficient (Wildman–Crippen LogP) is 4.08. The molecule has 30 heavy (non-hydrogen) atoms. The molecule has 2 aromatic heterocycles. The van der Waals surface area contributed by atoms with E-state index in [0.29, 0.717) is 29.6 Å². The SMILES string of the molecule is Cc1nn(-c2ccc(Cl)cc2)c(C)c1CC(=O)N1CCN(c2ccc(Cl)cn2)CC1. The van der Waals surface area contributed by atoms with Gasteiger partial charge < -0.3 is 9.80 Å². The van der Waals surface area contributed by atoms with E-state index in [2.05, 4.69) is 15.0 Å². The summed E-state index contributed by atoms with van der Waals surface area (Å²) < 4.78 is 1.87. The van der Waals surface area contributed by atoms with Crippen LogP contribution in [0.5, 0.6) is 0 Å². The van der Waals surface area contributed by atoms with Crippen LogP contribution in [0.15, 0.2) is 42.6 Å². The van der Waals surface area contributed by atoms with E-state index in [1.54, 1.807) is 6.20 Å². The molecule has 3 heterocycles. The molecule has 8 heteroatoms. The molecule has 1 saturated heterocycles. The fourth-order valence-corrected chi connectivity index (χ4v) is 4.01. The van der Waals surface area contributed by atoms with Crippen LogP contribution < -0.4 is 4.90 Å². The Morgan fingerprint density at radius 3 is 2.27 bits per heavy atom. The van der Waals surface area contributed by atoms with Crippen LogP contribution in [0.3, 0.4) is 0 Å². The van der Waals surface area contributed by atoms with Crippen molar-refractivity contribution < 1.29 is 4.79 Å². The van der Waals surface area contributed by atoms with E-state index >= 15 is 0 Å². The summed E-state index contributed by atoms with van der Waals surface area (Å²) in [5.41, 5.74) is 3.77. The number of hydrogen-bond donors (Lipinski definition) is 0. The van der Waals surface area contributed by atoms with Gasteiger partial charge in [0.1, 0.15) is 5.82 Å². The summed E-state index contributed by atoms with van der Waals surface area (Å²) in [4.78, 5) is 21.4. The Kier molecular flexibility index (Phi) is 5.97. The summed E-state index contributed by atoms with van der Waals surface area (Å²) in [5, 5.41) is 5.95. The first-order valence-electron chi connectivity index (χ1n) is 9.87. The number of benzene rings is 1. The van der Waals surface area contributed by atoms with Crippen molar-refractivity contribution in [3.05, 3.63) is 69.6 Å². The number of carbonyl (C=O) groups is 1. The van der Waals surface area contributed by atoms with E-state index in [1.165, 1.54) is 0 Å². The van der Waals surface area contributed by atoms with Crippen molar-refractivity contribution in [2.45, 2.75) is 20.3 Å². The Hall–Kier alpha value is -2.57. The van der Waals surface area contributed by atoms with E-state index in [4.69, 9.17) is 23.2 Å². The molecule has 0 aliphatic carbocycles. The van der Waals surface area contributed by atoms with Gasteiger partial charge in [-0.1, -0.05) is 23.2 Å². The fourth-order valence-electron chi connectivity index (χ4n) is 3.77. The fraction of sp³-hybridized carbons (Fsp3) is 0.318. The van der Waals surface area contributed by atoms with Gasteiger partial charge in [0, 0.05) is 48.7 Å². The van der Waals surface area contributed by atoms with Crippen LogP contribution in [0.1, 0.15) is 17.0 Å². The van der Waals surface area contributed by atoms with Crippen LogP contribution in [-0.2, 0) is 11.2 Å². The van der Waals surface area contributed by atoms with Gasteiger partial charge in [-0.2, -0.15) is 5.10 Å². The highest BCUT2D eigenvalue weighted by Gasteiger charge is 2.24. The van der Waals surface area contributed by atoms with Crippen LogP contribution in [0, 0.1) is 13.8 Å². The van der Waals surface area contributed by atoms with E-state index in [-0.39, 0.29) is 5.91 Å². The zero-order valence-corrected chi connectivity index (χ0v) is 18.5. The van der Waals surface area contributed by atoms with E-state index in [1.807, 2.05) is 59.8 Å². The average molecular weight is 444 g/mol. The van der Waals surface area contributed by atoms with E-state index in [9.17, 15) is 4.79 Å². The standard InChI is InChI=1S/C22H23Cl2N5O/c1-15-20(16(2)29(26-15)19-6-3-17(23)4-7-19)13-22(30)28-11-9-27(10-12-28)21-8-5-18(24)14-25-21/h3-8,14H,9-13H2,1-2H3. The maximum atomic E-state index is 13.0. The lowest BCUT2D eigenvalue weighted by molar-refractivity contribution is -0.130. The summed E-state index contributed by atoms with van der Waals surface area (Å²) in [7, 11) is 0. The Balaban J connectivity index is 1.42. The molecule has 0 saturated carbocycles. The number of anilines is 1. The molecule has 0 spiro atoms. The van der Waals surface area contributed by atoms with Crippen molar-refractivity contribution in [3.63, 3.8) is 0 Å². The molecule has 156 valence electrons. The van der Waals surface area contributed by atoms with E-state index in [0.717, 1.165) is 41.5 Å². The van der Waals surface area contributed by atoms with Gasteiger partial charge in [-0.15, -0.1) is 0 Å². The average Bonchev–Trinajstić information content (AvgIpc) is 3.03. The highest BCUT2D eigenvalue weighted by Crippen LogP contribution is 2.21. The molecule has 1 aliphatic heterocycles. The first-order valence-corrected chi connectivity index (χ1v) is 10.6. The number of aromatic nitrogens is 3. The minimum atomic E-state index is 0.126. The maximum absolute atomic E-state index is 13.0. The third-order valence-corrected chi connectivity index (χ3v) is 5.98. The van der Waals surface area contributed by atoms with Crippen molar-refractivity contribution >= 4 is 34.9 Å². The normalized spacial score (nSPS) is 14.3. The number of pyridine rings is 1. The lowest BCUT2D eigenvalue weighted by Gasteiger charge is -2.35. The zero-order valence-electron chi connectivity index (χ0n) is 17.0. The summed E-state index contributed by atoms with van der Waals surface area (Å²) in [5.74, 6) is 1.02. The maximum Gasteiger partial charge on any atom is 0.227 e. The summed E-state index contributed by atoms with van der Waals surface area (Å²) in [6, 6.07) is 11.3. The van der Waals surface area contributed by atoms with Crippen molar-refractivity contribution in [1.82, 2.24) is 19.7 Å². The number of halogens is 2. The molecule has 0 N–H and O–H groups in total. The summed E-state index contributed by atoms with van der Waals surface area (Å²) in [6.07, 6.45) is 2.00. The molecule has 6 nitrogen and oxygen atoms in total. The van der Waals surface area contributed by atoms with Gasteiger partial charge in [-0.05, 0) is 50.2 Å². The van der Waals surface area contributed by atoms with Crippen molar-refractivity contribution in [2.24, 2.45) is 0 Å². The Morgan fingerprint density at radius 2 is 1.63 bits per heavy atom. The van der Waals surface area contributed by atoms with Gasteiger partial charge in [0.05, 0.1) is 22.8 Å². The van der Waals surface area contributed by atoms with Gasteiger partial charge in [0.2, 0.25) is 5.91 Å². The Bertz CT molecular complexity index is 1040. The summed E-state index contributed by atoms with van der Waals surface area (Å²) >= 11 is 11.9. The molecule has 4 rings (SSSR count). The lowest BCUT2D eigenvalue weighted by Crippen LogP contribution is -2.49. The highest BCUT2D eigenvalue weighted by atomic mass is 35.5. The quantitative estimate of drug-likeness (QED) is 0.609. The Labute approximate surface area is 186 Å². The number of nitrogens with zero attached hydrogens (tertiary/aromatic N) is 5. The topological polar surface area (TPSA) is 54.3 Å². The monoisotopic (exact) mass is 443 g/mol. The second-order valence-corrected chi connectivity index (χ2v) is 8.29. The van der Waals surface area contributed by atoms with Gasteiger partial charge >= 0.3 is 0 Å². The van der Waals surface area contributed by atoms with Crippen LogP contribution in [0.2, 0.25) is 10.0 Å². The Morgan fingerprint density at radius 1 is 0.967 bits per heavy atom. The molecule has 0 unspecified atom stereocenters. The molecule has 1 amide bonds. The number of piperazine rings is 1. The van der Waals surface area contributed by atoms with Crippen molar-refractivity contribution in [2.75, 3.05) is 31.1 Å². The van der Waals surface area contributed by atoms with Crippen LogP contribution in [0.25, 0.3) is 5.69 Å². The second-order valence-electron chi connectivity index (χ2n) is 7.42. The van der Waals surface area contributed by atoms with Gasteiger partial charge in [-0.3, -0.25) is 4.79 Å². The number of rotatable bonds is 4. The number of amides is 1. The smallest absolute Gasteiger partial charge is 0.227 e. The third-order valence-electron chi connectivity index (χ3n) is 5.51. The molecule has 0 bridgehead atoms. The largest absolute Gasteiger partial charge is 0.353 e. The first kappa shape index (κ1) is 20.7. The highest BCUT2D eigenvalue weighted by molar-refractivity contribution is 6.30. The van der Waals surface area contributed by atoms with Crippen LogP contribution >= 0.6 is 23.2 Å².